The van der Waals surface area contributed by atoms with Gasteiger partial charge >= 0.3 is 5.69 Å². The van der Waals surface area contributed by atoms with Gasteiger partial charge in [-0.25, -0.2) is 9.97 Å². The monoisotopic (exact) mass is 318 g/mol. The van der Waals surface area contributed by atoms with E-state index in [9.17, 15) is 10.1 Å². The number of hydrogen-bond donors (Lipinski definition) is 1. The Hall–Kier alpha value is -2.21. The zero-order valence-electron chi connectivity index (χ0n) is 12.0. The highest BCUT2D eigenvalue weighted by molar-refractivity contribution is 6.31. The predicted molar refractivity (Wildman–Crippen MR) is 84.4 cm³/mol. The summed E-state index contributed by atoms with van der Waals surface area (Å²) in [7, 11) is 0. The molecule has 6 nitrogen and oxygen atoms in total. The molecular weight excluding hydrogens is 304 g/mol. The number of rotatable bonds is 2. The van der Waals surface area contributed by atoms with E-state index < -0.39 is 4.92 Å². The fourth-order valence-electron chi connectivity index (χ4n) is 2.82. The van der Waals surface area contributed by atoms with Crippen LogP contribution in [0.5, 0.6) is 0 Å². The zero-order chi connectivity index (χ0) is 15.7. The molecule has 0 aliphatic carbocycles. The molecule has 1 aliphatic heterocycles. The van der Waals surface area contributed by atoms with Crippen LogP contribution in [-0.4, -0.2) is 21.4 Å². The largest absolute Gasteiger partial charge is 0.384 e. The molecule has 7 heteroatoms. The van der Waals surface area contributed by atoms with Crippen molar-refractivity contribution in [3.05, 3.63) is 56.6 Å². The van der Waals surface area contributed by atoms with E-state index in [1.54, 1.807) is 6.92 Å². The molecule has 3 rings (SSSR count). The quantitative estimate of drug-likeness (QED) is 0.521. The molecular formula is C15H15ClN4O2. The molecule has 1 aromatic carbocycles. The second-order valence-electron chi connectivity index (χ2n) is 5.33. The number of nitrogens with one attached hydrogen (secondary N) is 1. The fourth-order valence-corrected chi connectivity index (χ4v) is 3.10. The molecule has 2 heterocycles. The Kier molecular flexibility index (Phi) is 3.94. The van der Waals surface area contributed by atoms with Gasteiger partial charge in [-0.05, 0) is 31.4 Å². The minimum absolute atomic E-state index is 0.0769. The molecule has 0 saturated heterocycles. The molecule has 0 saturated carbocycles. The van der Waals surface area contributed by atoms with Gasteiger partial charge in [-0.3, -0.25) is 10.1 Å². The summed E-state index contributed by atoms with van der Waals surface area (Å²) in [6.45, 7) is 2.28. The van der Waals surface area contributed by atoms with Gasteiger partial charge in [0.1, 0.15) is 11.5 Å². The number of nitrogens with zero attached hydrogens (tertiary/aromatic N) is 3. The highest BCUT2D eigenvalue weighted by Gasteiger charge is 2.30. The van der Waals surface area contributed by atoms with Gasteiger partial charge in [-0.15, -0.1) is 0 Å². The summed E-state index contributed by atoms with van der Waals surface area (Å²) in [6.07, 6.45) is 1.61. The summed E-state index contributed by atoms with van der Waals surface area (Å²) in [4.78, 5) is 19.0. The minimum Gasteiger partial charge on any atom is -0.384 e. The fraction of sp³-hybridized carbons (Fsp3) is 0.333. The SMILES string of the molecule is Cc1nc(Cl)c([N+](=O)[O-])c(C2CCc3ccccc3NC2)n1. The third-order valence-electron chi connectivity index (χ3n) is 3.87. The van der Waals surface area contributed by atoms with E-state index in [0.717, 1.165) is 18.5 Å². The summed E-state index contributed by atoms with van der Waals surface area (Å²) in [5.41, 5.74) is 2.53. The second kappa shape index (κ2) is 5.88. The number of nitro groups is 1. The molecule has 1 unspecified atom stereocenters. The highest BCUT2D eigenvalue weighted by atomic mass is 35.5. The normalized spacial score (nSPS) is 17.3. The van der Waals surface area contributed by atoms with Gasteiger partial charge in [-0.1, -0.05) is 29.8 Å². The van der Waals surface area contributed by atoms with Gasteiger partial charge in [0, 0.05) is 18.2 Å². The van der Waals surface area contributed by atoms with Crippen LogP contribution in [-0.2, 0) is 6.42 Å². The average molecular weight is 319 g/mol. The van der Waals surface area contributed by atoms with E-state index in [0.29, 0.717) is 18.1 Å². The Morgan fingerprint density at radius 3 is 2.91 bits per heavy atom. The summed E-state index contributed by atoms with van der Waals surface area (Å²) in [5, 5.41) is 14.6. The second-order valence-corrected chi connectivity index (χ2v) is 5.68. The molecule has 1 aromatic heterocycles. The molecule has 0 fully saturated rings. The molecule has 1 N–H and O–H groups in total. The van der Waals surface area contributed by atoms with Crippen LogP contribution in [0, 0.1) is 17.0 Å². The van der Waals surface area contributed by atoms with Gasteiger partial charge in [0.2, 0.25) is 5.15 Å². The number of aryl methyl sites for hydroxylation is 2. The van der Waals surface area contributed by atoms with Gasteiger partial charge in [-0.2, -0.15) is 0 Å². The van der Waals surface area contributed by atoms with E-state index in [1.807, 2.05) is 18.2 Å². The lowest BCUT2D eigenvalue weighted by molar-refractivity contribution is -0.386. The van der Waals surface area contributed by atoms with E-state index in [2.05, 4.69) is 21.4 Å². The van der Waals surface area contributed by atoms with Gasteiger partial charge < -0.3 is 5.32 Å². The molecule has 114 valence electrons. The van der Waals surface area contributed by atoms with Crippen LogP contribution in [0.25, 0.3) is 0 Å². The minimum atomic E-state index is -0.491. The van der Waals surface area contributed by atoms with Crippen LogP contribution in [0.2, 0.25) is 5.15 Å². The molecule has 1 aliphatic rings. The van der Waals surface area contributed by atoms with Crippen molar-refractivity contribution in [2.75, 3.05) is 11.9 Å². The Bertz CT molecular complexity index is 708. The van der Waals surface area contributed by atoms with Crippen molar-refractivity contribution in [3.8, 4) is 0 Å². The number of halogens is 1. The van der Waals surface area contributed by atoms with Crippen LogP contribution in [0.3, 0.4) is 0 Å². The van der Waals surface area contributed by atoms with Crippen LogP contribution < -0.4 is 5.32 Å². The standard InChI is InChI=1S/C15H15ClN4O2/c1-9-18-13(14(20(21)22)15(16)19-9)11-7-6-10-4-2-3-5-12(10)17-8-11/h2-5,11,17H,6-8H2,1H3. The van der Waals surface area contributed by atoms with Crippen LogP contribution in [0.4, 0.5) is 11.4 Å². The van der Waals surface area contributed by atoms with E-state index in [1.165, 1.54) is 5.56 Å². The van der Waals surface area contributed by atoms with Crippen molar-refractivity contribution < 1.29 is 4.92 Å². The summed E-state index contributed by atoms with van der Waals surface area (Å²) in [6, 6.07) is 8.05. The van der Waals surface area contributed by atoms with Crippen LogP contribution in [0.1, 0.15) is 29.4 Å². The van der Waals surface area contributed by atoms with Crippen molar-refractivity contribution in [2.24, 2.45) is 0 Å². The van der Waals surface area contributed by atoms with Crippen molar-refractivity contribution in [1.82, 2.24) is 9.97 Å². The van der Waals surface area contributed by atoms with Crippen LogP contribution in [0.15, 0.2) is 24.3 Å². The zero-order valence-corrected chi connectivity index (χ0v) is 12.8. The van der Waals surface area contributed by atoms with Gasteiger partial charge in [0.25, 0.3) is 0 Å². The molecule has 0 bridgehead atoms. The van der Waals surface area contributed by atoms with Gasteiger partial charge in [0.15, 0.2) is 0 Å². The Balaban J connectivity index is 1.97. The average Bonchev–Trinajstić information content (AvgIpc) is 2.68. The van der Waals surface area contributed by atoms with E-state index in [-0.39, 0.29) is 16.8 Å². The highest BCUT2D eigenvalue weighted by Crippen LogP contribution is 2.35. The Morgan fingerprint density at radius 1 is 1.36 bits per heavy atom. The smallest absolute Gasteiger partial charge is 0.328 e. The first-order valence-corrected chi connectivity index (χ1v) is 7.44. The van der Waals surface area contributed by atoms with Crippen molar-refractivity contribution in [3.63, 3.8) is 0 Å². The molecule has 0 spiro atoms. The first-order chi connectivity index (χ1) is 10.6. The number of hydrogen-bond acceptors (Lipinski definition) is 5. The van der Waals surface area contributed by atoms with Crippen LogP contribution >= 0.6 is 11.6 Å². The number of para-hydroxylation sites is 1. The molecule has 22 heavy (non-hydrogen) atoms. The van der Waals surface area contributed by atoms with E-state index >= 15 is 0 Å². The van der Waals surface area contributed by atoms with Crippen molar-refractivity contribution in [2.45, 2.75) is 25.7 Å². The summed E-state index contributed by atoms with van der Waals surface area (Å²) in [5.74, 6) is 0.374. The maximum atomic E-state index is 11.3. The Labute approximate surface area is 132 Å². The number of anilines is 1. The lowest BCUT2D eigenvalue weighted by atomic mass is 9.96. The predicted octanol–water partition coefficient (Wildman–Crippen LogP) is 3.49. The van der Waals surface area contributed by atoms with Crippen molar-refractivity contribution >= 4 is 23.0 Å². The van der Waals surface area contributed by atoms with E-state index in [4.69, 9.17) is 11.6 Å². The number of fused-ring (bicyclic) bond motifs is 1. The first kappa shape index (κ1) is 14.7. The maximum Gasteiger partial charge on any atom is 0.328 e. The van der Waals surface area contributed by atoms with Crippen molar-refractivity contribution in [1.29, 1.82) is 0 Å². The third kappa shape index (κ3) is 2.74. The molecule has 1 atom stereocenters. The first-order valence-electron chi connectivity index (χ1n) is 7.06. The van der Waals surface area contributed by atoms with Gasteiger partial charge in [0.05, 0.1) is 4.92 Å². The maximum absolute atomic E-state index is 11.3. The Morgan fingerprint density at radius 2 is 2.14 bits per heavy atom. The molecule has 2 aromatic rings. The summed E-state index contributed by atoms with van der Waals surface area (Å²) < 4.78 is 0. The number of aromatic nitrogens is 2. The lowest BCUT2D eigenvalue weighted by Gasteiger charge is -2.15. The molecule has 0 radical (unpaired) electrons. The lowest BCUT2D eigenvalue weighted by Crippen LogP contribution is -2.15. The number of benzene rings is 1. The molecule has 0 amide bonds. The summed E-state index contributed by atoms with van der Waals surface area (Å²) >= 11 is 5.97. The topological polar surface area (TPSA) is 81.0 Å². The third-order valence-corrected chi connectivity index (χ3v) is 4.13.